The molecule has 0 atom stereocenters. The smallest absolute Gasteiger partial charge is 0.0960 e. The van der Waals surface area contributed by atoms with E-state index in [0.29, 0.717) is 0 Å². The first-order chi connectivity index (χ1) is 12.7. The second-order valence-corrected chi connectivity index (χ2v) is 7.24. The van der Waals surface area contributed by atoms with Crippen LogP contribution in [-0.2, 0) is 6.54 Å². The van der Waals surface area contributed by atoms with Crippen LogP contribution in [0.1, 0.15) is 5.56 Å². The van der Waals surface area contributed by atoms with E-state index in [1.807, 2.05) is 42.7 Å². The predicted octanol–water partition coefficient (Wildman–Crippen LogP) is 6.98. The second kappa shape index (κ2) is 6.01. The average Bonchev–Trinajstić information content (AvgIpc) is 2.67. The van der Waals surface area contributed by atoms with Crippen molar-refractivity contribution in [3.63, 3.8) is 0 Å². The zero-order valence-electron chi connectivity index (χ0n) is 13.8. The number of hydrogen-bond acceptors (Lipinski definition) is 2. The van der Waals surface area contributed by atoms with E-state index in [1.165, 1.54) is 16.3 Å². The summed E-state index contributed by atoms with van der Waals surface area (Å²) >= 11 is 12.8. The van der Waals surface area contributed by atoms with Crippen molar-refractivity contribution in [1.29, 1.82) is 0 Å². The third kappa shape index (κ3) is 2.45. The fourth-order valence-electron chi connectivity index (χ4n) is 3.57. The molecule has 0 radical (unpaired) electrons. The summed E-state index contributed by atoms with van der Waals surface area (Å²) in [6.45, 7) is 0.718. The monoisotopic (exact) mass is 376 g/mol. The van der Waals surface area contributed by atoms with Crippen molar-refractivity contribution in [3.05, 3.63) is 82.3 Å². The molecule has 0 aromatic heterocycles. The number of para-hydroxylation sites is 1. The largest absolute Gasteiger partial charge is 0.327 e. The highest BCUT2D eigenvalue weighted by atomic mass is 35.5. The van der Waals surface area contributed by atoms with Crippen LogP contribution in [-0.4, -0.2) is 6.34 Å². The number of hydrogen-bond donors (Lipinski definition) is 0. The fourth-order valence-corrected chi connectivity index (χ4v) is 4.05. The summed E-state index contributed by atoms with van der Waals surface area (Å²) in [6, 6.07) is 22.4. The molecule has 0 fully saturated rings. The second-order valence-electron chi connectivity index (χ2n) is 6.42. The minimum absolute atomic E-state index is 0.718. The van der Waals surface area contributed by atoms with E-state index in [2.05, 4.69) is 40.2 Å². The summed E-state index contributed by atoms with van der Waals surface area (Å²) in [7, 11) is 0. The molecule has 5 rings (SSSR count). The maximum atomic E-state index is 6.43. The van der Waals surface area contributed by atoms with Crippen molar-refractivity contribution in [3.8, 4) is 0 Å². The number of aliphatic imine (C=N–C) groups is 1. The maximum Gasteiger partial charge on any atom is 0.0960 e. The molecule has 126 valence electrons. The number of halogens is 2. The Morgan fingerprint density at radius 2 is 1.58 bits per heavy atom. The Balaban J connectivity index is 1.71. The minimum Gasteiger partial charge on any atom is -0.327 e. The van der Waals surface area contributed by atoms with Gasteiger partial charge in [-0.2, -0.15) is 0 Å². The Morgan fingerprint density at radius 3 is 2.46 bits per heavy atom. The highest BCUT2D eigenvalue weighted by Crippen LogP contribution is 2.37. The van der Waals surface area contributed by atoms with Crippen LogP contribution >= 0.6 is 23.2 Å². The van der Waals surface area contributed by atoms with Gasteiger partial charge >= 0.3 is 0 Å². The lowest BCUT2D eigenvalue weighted by molar-refractivity contribution is 1.01. The Labute approximate surface area is 161 Å². The summed E-state index contributed by atoms with van der Waals surface area (Å²) in [5, 5.41) is 6.06. The molecule has 1 heterocycles. The van der Waals surface area contributed by atoms with E-state index in [9.17, 15) is 0 Å². The molecule has 1 aliphatic heterocycles. The molecule has 0 unspecified atom stereocenters. The van der Waals surface area contributed by atoms with Gasteiger partial charge in [-0.15, -0.1) is 0 Å². The summed E-state index contributed by atoms with van der Waals surface area (Å²) in [5.41, 5.74) is 3.14. The Kier molecular flexibility index (Phi) is 3.63. The highest BCUT2D eigenvalue weighted by molar-refractivity contribution is 6.36. The van der Waals surface area contributed by atoms with Gasteiger partial charge in [-0.3, -0.25) is 0 Å². The molecule has 0 N–H and O–H groups in total. The zero-order chi connectivity index (χ0) is 17.7. The molecule has 4 aromatic rings. The molecule has 4 aromatic carbocycles. The highest BCUT2D eigenvalue weighted by Gasteiger charge is 2.18. The van der Waals surface area contributed by atoms with Crippen LogP contribution in [0.3, 0.4) is 0 Å². The number of nitrogens with zero attached hydrogens (tertiary/aromatic N) is 2. The number of fused-ring (bicyclic) bond motifs is 4. The van der Waals surface area contributed by atoms with Crippen LogP contribution in [0.25, 0.3) is 21.5 Å². The van der Waals surface area contributed by atoms with E-state index in [1.54, 1.807) is 0 Å². The van der Waals surface area contributed by atoms with E-state index < -0.39 is 0 Å². The minimum atomic E-state index is 0.718. The molecule has 0 spiro atoms. The number of rotatable bonds is 1. The van der Waals surface area contributed by atoms with Gasteiger partial charge in [0.05, 0.1) is 29.3 Å². The molecule has 4 heteroatoms. The predicted molar refractivity (Wildman–Crippen MR) is 112 cm³/mol. The lowest BCUT2D eigenvalue weighted by atomic mass is 9.97. The molecular formula is C22H14Cl2N2. The first kappa shape index (κ1) is 15.7. The van der Waals surface area contributed by atoms with Gasteiger partial charge in [-0.05, 0) is 52.6 Å². The van der Waals surface area contributed by atoms with Gasteiger partial charge in [-0.1, -0.05) is 53.5 Å². The molecule has 0 saturated carbocycles. The zero-order valence-corrected chi connectivity index (χ0v) is 15.3. The topological polar surface area (TPSA) is 15.6 Å². The summed E-state index contributed by atoms with van der Waals surface area (Å²) < 4.78 is 0. The van der Waals surface area contributed by atoms with Gasteiger partial charge < -0.3 is 4.90 Å². The van der Waals surface area contributed by atoms with Crippen molar-refractivity contribution in [1.82, 2.24) is 0 Å². The molecule has 0 bridgehead atoms. The van der Waals surface area contributed by atoms with Crippen LogP contribution in [0.2, 0.25) is 10.0 Å². The van der Waals surface area contributed by atoms with Crippen LogP contribution < -0.4 is 4.90 Å². The van der Waals surface area contributed by atoms with Crippen molar-refractivity contribution < 1.29 is 0 Å². The maximum absolute atomic E-state index is 6.43. The van der Waals surface area contributed by atoms with Gasteiger partial charge in [0.25, 0.3) is 0 Å². The van der Waals surface area contributed by atoms with Gasteiger partial charge in [0.15, 0.2) is 0 Å². The van der Waals surface area contributed by atoms with Gasteiger partial charge in [0.1, 0.15) is 0 Å². The normalized spacial score (nSPS) is 13.4. The van der Waals surface area contributed by atoms with Gasteiger partial charge in [0.2, 0.25) is 0 Å². The van der Waals surface area contributed by atoms with Crippen molar-refractivity contribution in [2.24, 2.45) is 4.99 Å². The lowest BCUT2D eigenvalue weighted by Crippen LogP contribution is -2.23. The van der Waals surface area contributed by atoms with E-state index in [0.717, 1.165) is 38.7 Å². The van der Waals surface area contributed by atoms with Crippen LogP contribution in [0, 0.1) is 0 Å². The number of anilines is 1. The molecule has 0 aliphatic carbocycles. The molecule has 2 nitrogen and oxygen atoms in total. The Hall–Kier alpha value is -2.55. The van der Waals surface area contributed by atoms with Crippen molar-refractivity contribution in [2.45, 2.75) is 6.54 Å². The van der Waals surface area contributed by atoms with Gasteiger partial charge in [-0.25, -0.2) is 4.99 Å². The van der Waals surface area contributed by atoms with E-state index >= 15 is 0 Å². The molecule has 0 saturated heterocycles. The average molecular weight is 377 g/mol. The number of benzene rings is 4. The Morgan fingerprint density at radius 1 is 0.769 bits per heavy atom. The Bertz CT molecular complexity index is 1200. The van der Waals surface area contributed by atoms with Crippen molar-refractivity contribution in [2.75, 3.05) is 4.90 Å². The van der Waals surface area contributed by atoms with Gasteiger partial charge in [0, 0.05) is 16.0 Å². The molecule has 1 aliphatic rings. The van der Waals surface area contributed by atoms with Crippen LogP contribution in [0.15, 0.2) is 71.7 Å². The first-order valence-corrected chi connectivity index (χ1v) is 9.15. The SMILES string of the molecule is Clc1ccccc1N1C=Nc2ccc3cc4cccc(Cl)c4cc3c2C1. The van der Waals surface area contributed by atoms with E-state index in [4.69, 9.17) is 23.2 Å². The third-order valence-electron chi connectivity index (χ3n) is 4.88. The fraction of sp³-hybridized carbons (Fsp3) is 0.0455. The van der Waals surface area contributed by atoms with Crippen LogP contribution in [0.5, 0.6) is 0 Å². The van der Waals surface area contributed by atoms with E-state index in [-0.39, 0.29) is 0 Å². The summed E-state index contributed by atoms with van der Waals surface area (Å²) in [6.07, 6.45) is 1.85. The summed E-state index contributed by atoms with van der Waals surface area (Å²) in [4.78, 5) is 6.74. The van der Waals surface area contributed by atoms with Crippen molar-refractivity contribution >= 4 is 62.5 Å². The summed E-state index contributed by atoms with van der Waals surface area (Å²) in [5.74, 6) is 0. The third-order valence-corrected chi connectivity index (χ3v) is 5.53. The molecule has 26 heavy (non-hydrogen) atoms. The van der Waals surface area contributed by atoms with Crippen LogP contribution in [0.4, 0.5) is 11.4 Å². The standard InChI is InChI=1S/C22H14Cl2N2/c23-19-6-3-4-14-10-15-8-9-21-18(16(15)11-17(14)19)12-26(13-25-21)22-7-2-1-5-20(22)24/h1-11,13H,12H2. The first-order valence-electron chi connectivity index (χ1n) is 8.40. The molecular weight excluding hydrogens is 363 g/mol. The molecule has 0 amide bonds. The lowest BCUT2D eigenvalue weighted by Gasteiger charge is -2.26. The quantitative estimate of drug-likeness (QED) is 0.327.